The number of hydrogen-bond acceptors (Lipinski definition) is 3. The van der Waals surface area contributed by atoms with Crippen molar-refractivity contribution in [2.45, 2.75) is 5.88 Å². The lowest BCUT2D eigenvalue weighted by Crippen LogP contribution is -2.06. The molecule has 0 saturated carbocycles. The van der Waals surface area contributed by atoms with E-state index in [-0.39, 0.29) is 17.0 Å². The summed E-state index contributed by atoms with van der Waals surface area (Å²) in [5.41, 5.74) is 1.26. The Balaban J connectivity index is 3.39. The van der Waals surface area contributed by atoms with Crippen LogP contribution in [0.25, 0.3) is 0 Å². The first-order chi connectivity index (χ1) is 7.13. The lowest BCUT2D eigenvalue weighted by molar-refractivity contribution is 0.0599. The lowest BCUT2D eigenvalue weighted by atomic mass is 10.1. The Kier molecular flexibility index (Phi) is 4.13. The van der Waals surface area contributed by atoms with Gasteiger partial charge < -0.3 is 4.74 Å². The zero-order chi connectivity index (χ0) is 11.4. The molecule has 0 heterocycles. The monoisotopic (exact) mass is 287 g/mol. The highest BCUT2D eigenvalue weighted by atomic mass is 79.9. The number of benzene rings is 1. The van der Waals surface area contributed by atoms with Gasteiger partial charge in [-0.3, -0.25) is 0 Å². The van der Waals surface area contributed by atoms with Gasteiger partial charge in [-0.05, 0) is 33.6 Å². The molecule has 1 rings (SSSR count). The molecule has 15 heavy (non-hydrogen) atoms. The van der Waals surface area contributed by atoms with E-state index in [0.29, 0.717) is 4.47 Å². The Morgan fingerprint density at radius 2 is 2.33 bits per heavy atom. The number of rotatable bonds is 2. The predicted octanol–water partition coefficient (Wildman–Crippen LogP) is 2.85. The molecule has 0 atom stereocenters. The number of alkyl halides is 1. The van der Waals surface area contributed by atoms with Crippen LogP contribution < -0.4 is 0 Å². The van der Waals surface area contributed by atoms with E-state index in [1.807, 2.05) is 6.07 Å². The van der Waals surface area contributed by atoms with Crippen molar-refractivity contribution in [2.75, 3.05) is 7.11 Å². The molecule has 0 unspecified atom stereocenters. The van der Waals surface area contributed by atoms with E-state index in [2.05, 4.69) is 20.7 Å². The van der Waals surface area contributed by atoms with Crippen molar-refractivity contribution in [3.05, 3.63) is 33.3 Å². The first-order valence-electron chi connectivity index (χ1n) is 4.00. The molecular weight excluding hydrogens is 281 g/mol. The van der Waals surface area contributed by atoms with Crippen LogP contribution in [0.15, 0.2) is 16.6 Å². The third-order valence-electron chi connectivity index (χ3n) is 1.81. The van der Waals surface area contributed by atoms with E-state index in [4.69, 9.17) is 16.9 Å². The topological polar surface area (TPSA) is 50.1 Å². The highest BCUT2D eigenvalue weighted by molar-refractivity contribution is 9.10. The second-order valence-corrected chi connectivity index (χ2v) is 3.86. The van der Waals surface area contributed by atoms with Gasteiger partial charge in [-0.1, -0.05) is 0 Å². The fourth-order valence-corrected chi connectivity index (χ4v) is 1.96. The summed E-state index contributed by atoms with van der Waals surface area (Å²) in [6.45, 7) is 0. The SMILES string of the molecule is COC(=O)c1c(Br)cc(CCl)cc1C#N. The Morgan fingerprint density at radius 1 is 1.67 bits per heavy atom. The van der Waals surface area contributed by atoms with Crippen LogP contribution in [0.3, 0.4) is 0 Å². The second-order valence-electron chi connectivity index (χ2n) is 2.74. The first-order valence-corrected chi connectivity index (χ1v) is 5.33. The predicted molar refractivity (Wildman–Crippen MR) is 59.8 cm³/mol. The van der Waals surface area contributed by atoms with Crippen LogP contribution in [-0.4, -0.2) is 13.1 Å². The molecule has 0 aliphatic rings. The van der Waals surface area contributed by atoms with E-state index in [9.17, 15) is 4.79 Å². The van der Waals surface area contributed by atoms with Crippen LogP contribution in [0.1, 0.15) is 21.5 Å². The summed E-state index contributed by atoms with van der Waals surface area (Å²) in [4.78, 5) is 11.4. The summed E-state index contributed by atoms with van der Waals surface area (Å²) in [5.74, 6) is -0.256. The summed E-state index contributed by atoms with van der Waals surface area (Å²) >= 11 is 8.86. The van der Waals surface area contributed by atoms with Crippen molar-refractivity contribution in [3.8, 4) is 6.07 Å². The minimum Gasteiger partial charge on any atom is -0.465 e. The highest BCUT2D eigenvalue weighted by Crippen LogP contribution is 2.24. The molecule has 1 aromatic rings. The molecule has 0 bridgehead atoms. The highest BCUT2D eigenvalue weighted by Gasteiger charge is 2.16. The number of esters is 1. The number of hydrogen-bond donors (Lipinski definition) is 0. The van der Waals surface area contributed by atoms with Crippen molar-refractivity contribution in [3.63, 3.8) is 0 Å². The molecule has 0 N–H and O–H groups in total. The van der Waals surface area contributed by atoms with E-state index in [1.54, 1.807) is 12.1 Å². The van der Waals surface area contributed by atoms with Gasteiger partial charge in [-0.25, -0.2) is 4.79 Å². The maximum atomic E-state index is 11.4. The molecule has 0 radical (unpaired) electrons. The number of carbonyl (C=O) groups excluding carboxylic acids is 1. The quantitative estimate of drug-likeness (QED) is 0.621. The van der Waals surface area contributed by atoms with Crippen molar-refractivity contribution >= 4 is 33.5 Å². The minimum absolute atomic E-state index is 0.230. The molecule has 0 aliphatic heterocycles. The molecule has 0 amide bonds. The van der Waals surface area contributed by atoms with Gasteiger partial charge >= 0.3 is 5.97 Å². The third-order valence-corrected chi connectivity index (χ3v) is 2.75. The number of carbonyl (C=O) groups is 1. The van der Waals surface area contributed by atoms with Gasteiger partial charge in [0.25, 0.3) is 0 Å². The van der Waals surface area contributed by atoms with Gasteiger partial charge in [0.05, 0.1) is 18.2 Å². The Bertz CT molecular complexity index is 440. The molecule has 0 spiro atoms. The van der Waals surface area contributed by atoms with Gasteiger partial charge in [0, 0.05) is 10.4 Å². The van der Waals surface area contributed by atoms with Crippen LogP contribution in [0.4, 0.5) is 0 Å². The molecule has 0 fully saturated rings. The van der Waals surface area contributed by atoms with Crippen LogP contribution in [0.2, 0.25) is 0 Å². The van der Waals surface area contributed by atoms with Gasteiger partial charge in [-0.15, -0.1) is 11.6 Å². The van der Waals surface area contributed by atoms with E-state index >= 15 is 0 Å². The van der Waals surface area contributed by atoms with Gasteiger partial charge in [0.2, 0.25) is 0 Å². The Labute approximate surface area is 101 Å². The van der Waals surface area contributed by atoms with Crippen molar-refractivity contribution < 1.29 is 9.53 Å². The molecular formula is C10H7BrClNO2. The van der Waals surface area contributed by atoms with Crippen LogP contribution in [-0.2, 0) is 10.6 Å². The maximum Gasteiger partial charge on any atom is 0.340 e. The van der Waals surface area contributed by atoms with Gasteiger partial charge in [0.1, 0.15) is 6.07 Å². The zero-order valence-electron chi connectivity index (χ0n) is 7.88. The van der Waals surface area contributed by atoms with Gasteiger partial charge in [-0.2, -0.15) is 5.26 Å². The first kappa shape index (κ1) is 12.0. The number of nitrogens with zero attached hydrogens (tertiary/aromatic N) is 1. The summed E-state index contributed by atoms with van der Waals surface area (Å²) in [7, 11) is 1.27. The van der Waals surface area contributed by atoms with Gasteiger partial charge in [0.15, 0.2) is 0 Å². The summed E-state index contributed by atoms with van der Waals surface area (Å²) in [6, 6.07) is 5.20. The van der Waals surface area contributed by atoms with E-state index in [1.165, 1.54) is 7.11 Å². The number of ether oxygens (including phenoxy) is 1. The third kappa shape index (κ3) is 2.49. The lowest BCUT2D eigenvalue weighted by Gasteiger charge is -2.06. The second kappa shape index (κ2) is 5.15. The standard InChI is InChI=1S/C10H7BrClNO2/c1-15-10(14)9-7(5-13)2-6(4-12)3-8(9)11/h2-3H,4H2,1H3. The molecule has 0 aromatic heterocycles. The fourth-order valence-electron chi connectivity index (χ4n) is 1.14. The average Bonchev–Trinajstić information content (AvgIpc) is 2.26. The van der Waals surface area contributed by atoms with Crippen LogP contribution in [0.5, 0.6) is 0 Å². The largest absolute Gasteiger partial charge is 0.465 e. The molecule has 78 valence electrons. The van der Waals surface area contributed by atoms with Crippen molar-refractivity contribution in [1.29, 1.82) is 5.26 Å². The number of halogens is 2. The zero-order valence-corrected chi connectivity index (χ0v) is 10.2. The van der Waals surface area contributed by atoms with Crippen LogP contribution in [0, 0.1) is 11.3 Å². The molecule has 0 aliphatic carbocycles. The van der Waals surface area contributed by atoms with Crippen LogP contribution >= 0.6 is 27.5 Å². The van der Waals surface area contributed by atoms with E-state index < -0.39 is 5.97 Å². The Hall–Kier alpha value is -1.05. The maximum absolute atomic E-state index is 11.4. The summed E-state index contributed by atoms with van der Waals surface area (Å²) < 4.78 is 5.10. The van der Waals surface area contributed by atoms with Crippen molar-refractivity contribution in [2.24, 2.45) is 0 Å². The Morgan fingerprint density at radius 3 is 2.80 bits per heavy atom. The molecule has 5 heteroatoms. The number of methoxy groups -OCH3 is 1. The molecule has 3 nitrogen and oxygen atoms in total. The van der Waals surface area contributed by atoms with E-state index in [0.717, 1.165) is 5.56 Å². The fraction of sp³-hybridized carbons (Fsp3) is 0.200. The number of nitriles is 1. The molecule has 0 saturated heterocycles. The average molecular weight is 289 g/mol. The van der Waals surface area contributed by atoms with Crippen molar-refractivity contribution in [1.82, 2.24) is 0 Å². The minimum atomic E-state index is -0.542. The normalized spacial score (nSPS) is 9.47. The summed E-state index contributed by atoms with van der Waals surface area (Å²) in [6.07, 6.45) is 0. The smallest absolute Gasteiger partial charge is 0.340 e. The summed E-state index contributed by atoms with van der Waals surface area (Å²) in [5, 5.41) is 8.89. The molecule has 1 aromatic carbocycles.